The van der Waals surface area contributed by atoms with Crippen molar-refractivity contribution in [2.45, 2.75) is 12.8 Å². The molecule has 1 aromatic heterocycles. The predicted octanol–water partition coefficient (Wildman–Crippen LogP) is 3.55. The number of carbonyl (C=O) groups is 2. The third-order valence-electron chi connectivity index (χ3n) is 6.42. The predicted molar refractivity (Wildman–Crippen MR) is 144 cm³/mol. The molecule has 0 bridgehead atoms. The number of hydrogen-bond acceptors (Lipinski definition) is 6. The number of benzene rings is 2. The van der Waals surface area contributed by atoms with Crippen molar-refractivity contribution in [2.24, 2.45) is 0 Å². The number of aromatic nitrogens is 2. The van der Waals surface area contributed by atoms with Gasteiger partial charge in [-0.25, -0.2) is 0 Å². The molecule has 2 aromatic carbocycles. The van der Waals surface area contributed by atoms with Crippen molar-refractivity contribution in [3.8, 4) is 11.3 Å². The van der Waals surface area contributed by atoms with E-state index in [-0.39, 0.29) is 24.8 Å². The van der Waals surface area contributed by atoms with Crippen LogP contribution in [0.1, 0.15) is 12.0 Å². The molecule has 2 amide bonds. The minimum Gasteiger partial charge on any atom is -0.383 e. The monoisotopic (exact) mass is 521 g/mol. The Hall–Kier alpha value is -3.49. The smallest absolute Gasteiger partial charge is 0.242 e. The molecule has 3 aromatic rings. The third-order valence-corrected chi connectivity index (χ3v) is 6.74. The van der Waals surface area contributed by atoms with Crippen molar-refractivity contribution >= 4 is 29.2 Å². The maximum absolute atomic E-state index is 13.2. The Labute approximate surface area is 222 Å². The van der Waals surface area contributed by atoms with Crippen LogP contribution in [0, 0.1) is 0 Å². The van der Waals surface area contributed by atoms with Crippen LogP contribution in [0.4, 0.5) is 5.82 Å². The fraction of sp³-hybridized carbons (Fsp3) is 0.357. The Kier molecular flexibility index (Phi) is 9.46. The average molecular weight is 522 g/mol. The van der Waals surface area contributed by atoms with Crippen LogP contribution >= 0.6 is 11.6 Å². The molecule has 1 saturated heterocycles. The highest BCUT2D eigenvalue weighted by Gasteiger charge is 2.24. The van der Waals surface area contributed by atoms with Crippen LogP contribution in [-0.4, -0.2) is 84.8 Å². The van der Waals surface area contributed by atoms with Gasteiger partial charge in [0.05, 0.1) is 30.3 Å². The Morgan fingerprint density at radius 1 is 0.946 bits per heavy atom. The van der Waals surface area contributed by atoms with E-state index in [9.17, 15) is 9.59 Å². The van der Waals surface area contributed by atoms with E-state index in [1.807, 2.05) is 71.6 Å². The van der Waals surface area contributed by atoms with E-state index < -0.39 is 0 Å². The fourth-order valence-electron chi connectivity index (χ4n) is 4.34. The SMILES string of the molecule is COCCN(CC(=O)N1CCCN(c2ccc(-c3ccccc3Cl)nn2)CC1)C(=O)Cc1ccccc1. The van der Waals surface area contributed by atoms with Gasteiger partial charge in [-0.3, -0.25) is 9.59 Å². The normalized spacial score (nSPS) is 13.8. The van der Waals surface area contributed by atoms with Crippen LogP contribution in [-0.2, 0) is 20.7 Å². The van der Waals surface area contributed by atoms with Crippen molar-refractivity contribution in [1.82, 2.24) is 20.0 Å². The molecule has 1 aliphatic heterocycles. The van der Waals surface area contributed by atoms with E-state index in [4.69, 9.17) is 16.3 Å². The topological polar surface area (TPSA) is 78.9 Å². The van der Waals surface area contributed by atoms with Gasteiger partial charge in [-0.15, -0.1) is 10.2 Å². The quantitative estimate of drug-likeness (QED) is 0.428. The molecule has 0 spiro atoms. The molecule has 4 rings (SSSR count). The van der Waals surface area contributed by atoms with Crippen molar-refractivity contribution in [3.63, 3.8) is 0 Å². The number of anilines is 1. The molecule has 37 heavy (non-hydrogen) atoms. The molecule has 0 unspecified atom stereocenters. The number of rotatable bonds is 9. The summed E-state index contributed by atoms with van der Waals surface area (Å²) >= 11 is 6.29. The number of nitrogens with zero attached hydrogens (tertiary/aromatic N) is 5. The second kappa shape index (κ2) is 13.2. The van der Waals surface area contributed by atoms with Gasteiger partial charge >= 0.3 is 0 Å². The molecule has 0 atom stereocenters. The summed E-state index contributed by atoms with van der Waals surface area (Å²) in [6.07, 6.45) is 1.06. The van der Waals surface area contributed by atoms with Gasteiger partial charge in [0.2, 0.25) is 11.8 Å². The molecule has 9 heteroatoms. The lowest BCUT2D eigenvalue weighted by Gasteiger charge is -2.27. The molecular weight excluding hydrogens is 490 g/mol. The molecule has 0 saturated carbocycles. The highest BCUT2D eigenvalue weighted by Crippen LogP contribution is 2.26. The standard InChI is InChI=1S/C28H32ClN5O3/c1-37-19-18-34(27(35)20-22-8-3-2-4-9-22)21-28(36)33-15-7-14-32(16-17-33)26-13-12-25(30-31-26)23-10-5-6-11-24(23)29/h2-6,8-13H,7,14-21H2,1H3. The number of ether oxygens (including phenoxy) is 1. The second-order valence-electron chi connectivity index (χ2n) is 8.95. The Balaban J connectivity index is 1.35. The Morgan fingerprint density at radius 3 is 2.46 bits per heavy atom. The van der Waals surface area contributed by atoms with Crippen molar-refractivity contribution in [2.75, 3.05) is 57.9 Å². The maximum Gasteiger partial charge on any atom is 0.242 e. The molecule has 194 valence electrons. The first-order valence-electron chi connectivity index (χ1n) is 12.5. The van der Waals surface area contributed by atoms with E-state index >= 15 is 0 Å². The average Bonchev–Trinajstić information content (AvgIpc) is 3.18. The molecule has 1 fully saturated rings. The van der Waals surface area contributed by atoms with Crippen LogP contribution in [0.15, 0.2) is 66.7 Å². The number of carbonyl (C=O) groups excluding carboxylic acids is 2. The zero-order chi connectivity index (χ0) is 26.0. The van der Waals surface area contributed by atoms with Gasteiger partial charge in [-0.05, 0) is 30.2 Å². The molecule has 8 nitrogen and oxygen atoms in total. The summed E-state index contributed by atoms with van der Waals surface area (Å²) < 4.78 is 5.18. The fourth-order valence-corrected chi connectivity index (χ4v) is 4.57. The number of halogens is 1. The first kappa shape index (κ1) is 26.6. The lowest BCUT2D eigenvalue weighted by molar-refractivity contribution is -0.140. The summed E-state index contributed by atoms with van der Waals surface area (Å²) in [4.78, 5) is 31.7. The van der Waals surface area contributed by atoms with Crippen LogP contribution < -0.4 is 4.90 Å². The van der Waals surface area contributed by atoms with Gasteiger partial charge in [-0.2, -0.15) is 0 Å². The van der Waals surface area contributed by atoms with E-state index in [0.717, 1.165) is 35.6 Å². The lowest BCUT2D eigenvalue weighted by Crippen LogP contribution is -2.45. The molecule has 0 radical (unpaired) electrons. The van der Waals surface area contributed by atoms with Crippen LogP contribution in [0.25, 0.3) is 11.3 Å². The van der Waals surface area contributed by atoms with E-state index in [2.05, 4.69) is 15.1 Å². The van der Waals surface area contributed by atoms with Gasteiger partial charge in [0.15, 0.2) is 5.82 Å². The Bertz CT molecular complexity index is 1180. The first-order chi connectivity index (χ1) is 18.0. The van der Waals surface area contributed by atoms with E-state index in [1.54, 1.807) is 12.0 Å². The molecule has 0 N–H and O–H groups in total. The van der Waals surface area contributed by atoms with Crippen molar-refractivity contribution in [1.29, 1.82) is 0 Å². The zero-order valence-electron chi connectivity index (χ0n) is 21.1. The van der Waals surface area contributed by atoms with E-state index in [1.165, 1.54) is 0 Å². The molecule has 2 heterocycles. The van der Waals surface area contributed by atoms with Gasteiger partial charge in [0, 0.05) is 45.4 Å². The van der Waals surface area contributed by atoms with Gasteiger partial charge in [-0.1, -0.05) is 60.1 Å². The minimum absolute atomic E-state index is 0.0430. The lowest BCUT2D eigenvalue weighted by atomic mass is 10.1. The second-order valence-corrected chi connectivity index (χ2v) is 9.36. The molecule has 0 aliphatic carbocycles. The molecule has 1 aliphatic rings. The summed E-state index contributed by atoms with van der Waals surface area (Å²) in [5, 5.41) is 9.44. The first-order valence-corrected chi connectivity index (χ1v) is 12.8. The third kappa shape index (κ3) is 7.27. The summed E-state index contributed by atoms with van der Waals surface area (Å²) in [6.45, 7) is 3.39. The largest absolute Gasteiger partial charge is 0.383 e. The molecular formula is C28H32ClN5O3. The van der Waals surface area contributed by atoms with Crippen LogP contribution in [0.2, 0.25) is 5.02 Å². The number of hydrogen-bond donors (Lipinski definition) is 0. The summed E-state index contributed by atoms with van der Waals surface area (Å²) in [7, 11) is 1.59. The summed E-state index contributed by atoms with van der Waals surface area (Å²) in [5.74, 6) is 0.631. The minimum atomic E-state index is -0.0815. The maximum atomic E-state index is 13.2. The van der Waals surface area contributed by atoms with Crippen molar-refractivity contribution < 1.29 is 14.3 Å². The van der Waals surface area contributed by atoms with Crippen LogP contribution in [0.3, 0.4) is 0 Å². The highest BCUT2D eigenvalue weighted by molar-refractivity contribution is 6.33. The van der Waals surface area contributed by atoms with Gasteiger partial charge in [0.25, 0.3) is 0 Å². The zero-order valence-corrected chi connectivity index (χ0v) is 21.8. The van der Waals surface area contributed by atoms with E-state index in [0.29, 0.717) is 37.8 Å². The number of methoxy groups -OCH3 is 1. The summed E-state index contributed by atoms with van der Waals surface area (Å²) in [5.41, 5.74) is 2.49. The Morgan fingerprint density at radius 2 is 1.73 bits per heavy atom. The van der Waals surface area contributed by atoms with Crippen LogP contribution in [0.5, 0.6) is 0 Å². The van der Waals surface area contributed by atoms with Gasteiger partial charge < -0.3 is 19.4 Å². The van der Waals surface area contributed by atoms with Crippen molar-refractivity contribution in [3.05, 3.63) is 77.3 Å². The summed E-state index contributed by atoms with van der Waals surface area (Å²) in [6, 6.07) is 21.0. The number of amides is 2. The highest BCUT2D eigenvalue weighted by atomic mass is 35.5. The van der Waals surface area contributed by atoms with Gasteiger partial charge in [0.1, 0.15) is 0 Å².